The molecular weight excluding hydrogens is 242 g/mol. The van der Waals surface area contributed by atoms with Crippen LogP contribution >= 0.6 is 11.3 Å². The largest absolute Gasteiger partial charge is 0.496 e. The van der Waals surface area contributed by atoms with Crippen molar-refractivity contribution in [3.05, 3.63) is 51.7 Å². The Morgan fingerprint density at radius 2 is 2.17 bits per heavy atom. The summed E-state index contributed by atoms with van der Waals surface area (Å²) in [5, 5.41) is 5.45. The van der Waals surface area contributed by atoms with Gasteiger partial charge in [0.05, 0.1) is 18.0 Å². The Hall–Kier alpha value is -1.32. The van der Waals surface area contributed by atoms with Gasteiger partial charge in [0, 0.05) is 0 Å². The summed E-state index contributed by atoms with van der Waals surface area (Å²) in [4.78, 5) is 1.23. The van der Waals surface area contributed by atoms with E-state index in [0.717, 1.165) is 12.2 Å². The van der Waals surface area contributed by atoms with Crippen molar-refractivity contribution in [3.8, 4) is 5.75 Å². The van der Waals surface area contributed by atoms with Gasteiger partial charge < -0.3 is 10.1 Å². The predicted molar refractivity (Wildman–Crippen MR) is 77.6 cm³/mol. The Morgan fingerprint density at radius 3 is 2.83 bits per heavy atom. The number of nitrogens with one attached hydrogen (secondary N) is 1. The Balaban J connectivity index is 2.38. The second-order valence-corrected chi connectivity index (χ2v) is 5.12. The van der Waals surface area contributed by atoms with Crippen LogP contribution in [0.5, 0.6) is 5.75 Å². The summed E-state index contributed by atoms with van der Waals surface area (Å²) < 4.78 is 5.42. The highest BCUT2D eigenvalue weighted by molar-refractivity contribution is 7.10. The smallest absolute Gasteiger partial charge is 0.134 e. The molecular formula is C15H19NOS. The van der Waals surface area contributed by atoms with Crippen LogP contribution in [-0.2, 0) is 6.42 Å². The summed E-state index contributed by atoms with van der Waals surface area (Å²) in [6, 6.07) is 10.9. The first-order chi connectivity index (χ1) is 8.80. The Kier molecular flexibility index (Phi) is 4.39. The van der Waals surface area contributed by atoms with Crippen molar-refractivity contribution in [2.24, 2.45) is 0 Å². The lowest BCUT2D eigenvalue weighted by Gasteiger charge is -2.17. The van der Waals surface area contributed by atoms with Crippen LogP contribution in [0, 0.1) is 0 Å². The molecule has 96 valence electrons. The molecule has 0 fully saturated rings. The van der Waals surface area contributed by atoms with E-state index in [4.69, 9.17) is 4.74 Å². The van der Waals surface area contributed by atoms with Gasteiger partial charge in [-0.3, -0.25) is 0 Å². The first kappa shape index (κ1) is 13.1. The van der Waals surface area contributed by atoms with Crippen LogP contribution in [0.4, 0.5) is 0 Å². The van der Waals surface area contributed by atoms with E-state index in [-0.39, 0.29) is 6.04 Å². The summed E-state index contributed by atoms with van der Waals surface area (Å²) in [6.07, 6.45) is 1.06. The Labute approximate surface area is 113 Å². The number of benzene rings is 1. The molecule has 0 aliphatic heterocycles. The topological polar surface area (TPSA) is 21.3 Å². The third-order valence-corrected chi connectivity index (χ3v) is 4.08. The minimum Gasteiger partial charge on any atom is -0.496 e. The van der Waals surface area contributed by atoms with Crippen molar-refractivity contribution >= 4 is 11.3 Å². The lowest BCUT2D eigenvalue weighted by molar-refractivity contribution is 0.408. The molecule has 1 atom stereocenters. The average Bonchev–Trinajstić information content (AvgIpc) is 2.88. The molecule has 1 N–H and O–H groups in total. The zero-order chi connectivity index (χ0) is 13.0. The number of hydrogen-bond donors (Lipinski definition) is 1. The van der Waals surface area contributed by atoms with Crippen LogP contribution < -0.4 is 10.1 Å². The van der Waals surface area contributed by atoms with E-state index in [0.29, 0.717) is 0 Å². The van der Waals surface area contributed by atoms with Crippen molar-refractivity contribution in [2.45, 2.75) is 19.4 Å². The first-order valence-corrected chi connectivity index (χ1v) is 7.05. The maximum Gasteiger partial charge on any atom is 0.134 e. The van der Waals surface area contributed by atoms with Crippen LogP contribution in [-0.4, -0.2) is 14.2 Å². The van der Waals surface area contributed by atoms with Gasteiger partial charge in [0.1, 0.15) is 5.75 Å². The molecule has 0 bridgehead atoms. The second-order valence-electron chi connectivity index (χ2n) is 4.17. The van der Waals surface area contributed by atoms with Gasteiger partial charge in [-0.1, -0.05) is 31.2 Å². The summed E-state index contributed by atoms with van der Waals surface area (Å²) >= 11 is 1.73. The van der Waals surface area contributed by atoms with Gasteiger partial charge in [0.2, 0.25) is 0 Å². The van der Waals surface area contributed by atoms with Crippen molar-refractivity contribution in [2.75, 3.05) is 14.2 Å². The highest BCUT2D eigenvalue weighted by Gasteiger charge is 2.17. The van der Waals surface area contributed by atoms with E-state index in [2.05, 4.69) is 41.9 Å². The highest BCUT2D eigenvalue weighted by atomic mass is 32.1. The third kappa shape index (κ3) is 2.57. The van der Waals surface area contributed by atoms with Gasteiger partial charge in [0.25, 0.3) is 0 Å². The molecule has 18 heavy (non-hydrogen) atoms. The molecule has 0 amide bonds. The zero-order valence-corrected chi connectivity index (χ0v) is 11.9. The predicted octanol–water partition coefficient (Wildman–Crippen LogP) is 3.63. The normalized spacial score (nSPS) is 12.4. The standard InChI is InChI=1S/C15H19NOS/c1-4-11-6-5-7-12(10-11)14(16-2)15-13(17-3)8-9-18-15/h5-10,14,16H,4H2,1-3H3. The molecule has 0 aliphatic rings. The van der Waals surface area contributed by atoms with E-state index >= 15 is 0 Å². The molecule has 0 spiro atoms. The van der Waals surface area contributed by atoms with Gasteiger partial charge in [0.15, 0.2) is 0 Å². The van der Waals surface area contributed by atoms with Crippen LogP contribution in [0.3, 0.4) is 0 Å². The molecule has 0 saturated carbocycles. The monoisotopic (exact) mass is 261 g/mol. The number of ether oxygens (including phenoxy) is 1. The van der Waals surface area contributed by atoms with Crippen molar-refractivity contribution < 1.29 is 4.74 Å². The van der Waals surface area contributed by atoms with E-state index in [1.165, 1.54) is 16.0 Å². The molecule has 0 radical (unpaired) electrons. The van der Waals surface area contributed by atoms with Crippen molar-refractivity contribution in [1.29, 1.82) is 0 Å². The lowest BCUT2D eigenvalue weighted by Crippen LogP contribution is -2.17. The van der Waals surface area contributed by atoms with E-state index in [9.17, 15) is 0 Å². The van der Waals surface area contributed by atoms with Crippen LogP contribution in [0.1, 0.15) is 29.0 Å². The fraction of sp³-hybridized carbons (Fsp3) is 0.333. The fourth-order valence-electron chi connectivity index (χ4n) is 2.13. The lowest BCUT2D eigenvalue weighted by atomic mass is 10.0. The molecule has 2 aromatic rings. The van der Waals surface area contributed by atoms with Gasteiger partial charge in [-0.2, -0.15) is 0 Å². The van der Waals surface area contributed by atoms with Gasteiger partial charge >= 0.3 is 0 Å². The molecule has 2 rings (SSSR count). The molecule has 0 saturated heterocycles. The number of methoxy groups -OCH3 is 1. The third-order valence-electron chi connectivity index (χ3n) is 3.12. The van der Waals surface area contributed by atoms with E-state index in [1.807, 2.05) is 13.1 Å². The molecule has 1 aromatic heterocycles. The molecule has 3 heteroatoms. The van der Waals surface area contributed by atoms with Crippen molar-refractivity contribution in [3.63, 3.8) is 0 Å². The fourth-order valence-corrected chi connectivity index (χ4v) is 3.13. The van der Waals surface area contributed by atoms with Gasteiger partial charge in [-0.25, -0.2) is 0 Å². The van der Waals surface area contributed by atoms with E-state index in [1.54, 1.807) is 18.4 Å². The minimum atomic E-state index is 0.200. The quantitative estimate of drug-likeness (QED) is 0.887. The van der Waals surface area contributed by atoms with Gasteiger partial charge in [-0.15, -0.1) is 11.3 Å². The van der Waals surface area contributed by atoms with Crippen LogP contribution in [0.15, 0.2) is 35.7 Å². The Morgan fingerprint density at radius 1 is 1.33 bits per heavy atom. The highest BCUT2D eigenvalue weighted by Crippen LogP contribution is 2.34. The minimum absolute atomic E-state index is 0.200. The summed E-state index contributed by atoms with van der Waals surface area (Å²) in [6.45, 7) is 2.18. The summed E-state index contributed by atoms with van der Waals surface area (Å²) in [7, 11) is 3.71. The SMILES string of the molecule is CCc1cccc(C(NC)c2sccc2OC)c1. The maximum absolute atomic E-state index is 5.42. The number of hydrogen-bond acceptors (Lipinski definition) is 3. The molecule has 0 aliphatic carbocycles. The average molecular weight is 261 g/mol. The molecule has 2 nitrogen and oxygen atoms in total. The van der Waals surface area contributed by atoms with Crippen molar-refractivity contribution in [1.82, 2.24) is 5.32 Å². The zero-order valence-electron chi connectivity index (χ0n) is 11.1. The maximum atomic E-state index is 5.42. The van der Waals surface area contributed by atoms with Gasteiger partial charge in [-0.05, 0) is 36.0 Å². The number of rotatable bonds is 5. The van der Waals surface area contributed by atoms with Crippen LogP contribution in [0.2, 0.25) is 0 Å². The molecule has 1 aromatic carbocycles. The Bertz CT molecular complexity index is 507. The number of aryl methyl sites for hydroxylation is 1. The van der Waals surface area contributed by atoms with Crippen LogP contribution in [0.25, 0.3) is 0 Å². The molecule has 1 heterocycles. The van der Waals surface area contributed by atoms with E-state index < -0.39 is 0 Å². The second kappa shape index (κ2) is 6.03. The molecule has 1 unspecified atom stereocenters. The first-order valence-electron chi connectivity index (χ1n) is 6.17. The summed E-state index contributed by atoms with van der Waals surface area (Å²) in [5.41, 5.74) is 2.65. The summed E-state index contributed by atoms with van der Waals surface area (Å²) in [5.74, 6) is 0.959. The number of thiophene rings is 1.